The molecule has 7 heteroatoms. The number of carbonyl (C=O) groups is 2. The van der Waals surface area contributed by atoms with Crippen LogP contribution in [-0.2, 0) is 11.2 Å². The van der Waals surface area contributed by atoms with Crippen LogP contribution in [0, 0.1) is 11.8 Å². The number of likely N-dealkylation sites (tertiary alicyclic amines) is 1. The first-order valence-electron chi connectivity index (χ1n) is 11.9. The molecule has 1 atom stereocenters. The summed E-state index contributed by atoms with van der Waals surface area (Å²) in [5, 5.41) is 5.66. The lowest BCUT2D eigenvalue weighted by Crippen LogP contribution is -2.42. The number of aryl methyl sites for hydroxylation is 1. The van der Waals surface area contributed by atoms with Crippen molar-refractivity contribution < 1.29 is 9.59 Å². The fourth-order valence-electron chi connectivity index (χ4n) is 5.20. The molecule has 0 aromatic heterocycles. The Kier molecular flexibility index (Phi) is 7.22. The van der Waals surface area contributed by atoms with Gasteiger partial charge in [0, 0.05) is 18.9 Å². The number of rotatable bonds is 5. The van der Waals surface area contributed by atoms with Crippen LogP contribution >= 0.6 is 0 Å². The van der Waals surface area contributed by atoms with E-state index in [2.05, 4.69) is 20.5 Å². The average molecular weight is 426 g/mol. The molecule has 1 saturated heterocycles. The van der Waals surface area contributed by atoms with Crippen molar-refractivity contribution in [3.63, 3.8) is 0 Å². The van der Waals surface area contributed by atoms with Gasteiger partial charge in [-0.25, -0.2) is 4.79 Å². The Morgan fingerprint density at radius 1 is 1.16 bits per heavy atom. The second kappa shape index (κ2) is 10.3. The van der Waals surface area contributed by atoms with Crippen LogP contribution < -0.4 is 16.4 Å². The number of hydrogen-bond donors (Lipinski definition) is 3. The number of nitrogens with two attached hydrogens (primary N) is 1. The second-order valence-corrected chi connectivity index (χ2v) is 9.29. The van der Waals surface area contributed by atoms with E-state index < -0.39 is 6.03 Å². The number of para-hydroxylation sites is 1. The minimum atomic E-state index is -0.481. The minimum Gasteiger partial charge on any atom is -0.387 e. The summed E-state index contributed by atoms with van der Waals surface area (Å²) >= 11 is 0. The third-order valence-electron chi connectivity index (χ3n) is 7.01. The van der Waals surface area contributed by atoms with Gasteiger partial charge in [-0.2, -0.15) is 4.99 Å². The molecule has 1 saturated carbocycles. The Labute approximate surface area is 184 Å². The summed E-state index contributed by atoms with van der Waals surface area (Å²) in [5.74, 6) is 1.37. The molecular formula is C24H35N5O2. The van der Waals surface area contributed by atoms with E-state index in [9.17, 15) is 9.59 Å². The van der Waals surface area contributed by atoms with E-state index in [-0.39, 0.29) is 11.8 Å². The fourth-order valence-corrected chi connectivity index (χ4v) is 5.20. The van der Waals surface area contributed by atoms with Crippen LogP contribution in [0.3, 0.4) is 0 Å². The van der Waals surface area contributed by atoms with E-state index in [0.29, 0.717) is 30.1 Å². The van der Waals surface area contributed by atoms with Crippen molar-refractivity contribution in [1.29, 1.82) is 0 Å². The molecule has 0 spiro atoms. The zero-order valence-corrected chi connectivity index (χ0v) is 18.4. The van der Waals surface area contributed by atoms with Gasteiger partial charge >= 0.3 is 6.03 Å². The Balaban J connectivity index is 1.32. The smallest absolute Gasteiger partial charge is 0.347 e. The van der Waals surface area contributed by atoms with Gasteiger partial charge in [-0.15, -0.1) is 0 Å². The van der Waals surface area contributed by atoms with Crippen LogP contribution in [0.5, 0.6) is 0 Å². The Bertz CT molecular complexity index is 831. The maximum absolute atomic E-state index is 12.5. The van der Waals surface area contributed by atoms with Gasteiger partial charge in [0.25, 0.3) is 0 Å². The Morgan fingerprint density at radius 3 is 2.84 bits per heavy atom. The van der Waals surface area contributed by atoms with Crippen molar-refractivity contribution >= 4 is 29.1 Å². The molecule has 3 amide bonds. The van der Waals surface area contributed by atoms with Gasteiger partial charge in [0.1, 0.15) is 5.84 Å². The van der Waals surface area contributed by atoms with Gasteiger partial charge in [-0.05, 0) is 56.3 Å². The number of nitrogens with one attached hydrogen (secondary N) is 2. The number of urea groups is 1. The quantitative estimate of drug-likeness (QED) is 0.487. The van der Waals surface area contributed by atoms with Gasteiger partial charge < -0.3 is 21.3 Å². The Morgan fingerprint density at radius 2 is 2.00 bits per heavy atom. The summed E-state index contributed by atoms with van der Waals surface area (Å²) in [5.41, 5.74) is 8.53. The molecule has 168 valence electrons. The van der Waals surface area contributed by atoms with E-state index in [0.717, 1.165) is 44.0 Å². The largest absolute Gasteiger partial charge is 0.387 e. The van der Waals surface area contributed by atoms with Gasteiger partial charge in [0.05, 0.1) is 11.4 Å². The van der Waals surface area contributed by atoms with E-state index in [4.69, 9.17) is 5.73 Å². The molecule has 0 radical (unpaired) electrons. The first kappa shape index (κ1) is 21.8. The topological polar surface area (TPSA) is 99.8 Å². The van der Waals surface area contributed by atoms with E-state index in [1.165, 1.54) is 38.5 Å². The highest BCUT2D eigenvalue weighted by Crippen LogP contribution is 2.31. The summed E-state index contributed by atoms with van der Waals surface area (Å²) < 4.78 is 0. The highest BCUT2D eigenvalue weighted by molar-refractivity contribution is 6.04. The second-order valence-electron chi connectivity index (χ2n) is 9.29. The third-order valence-corrected chi connectivity index (χ3v) is 7.01. The summed E-state index contributed by atoms with van der Waals surface area (Å²) in [6.45, 7) is 3.11. The van der Waals surface area contributed by atoms with Crippen molar-refractivity contribution in [3.05, 3.63) is 23.8 Å². The number of benzene rings is 1. The summed E-state index contributed by atoms with van der Waals surface area (Å²) in [6.07, 6.45) is 11.4. The van der Waals surface area contributed by atoms with Gasteiger partial charge in [0.2, 0.25) is 5.91 Å². The lowest BCUT2D eigenvalue weighted by molar-refractivity contribution is -0.116. The number of hydrogen-bond acceptors (Lipinski definition) is 3. The number of nitrogens with zero attached hydrogens (tertiary/aromatic N) is 2. The molecule has 1 unspecified atom stereocenters. The molecule has 1 aliphatic carbocycles. The first-order chi connectivity index (χ1) is 15.1. The molecule has 3 aliphatic rings. The highest BCUT2D eigenvalue weighted by atomic mass is 16.2. The molecule has 31 heavy (non-hydrogen) atoms. The summed E-state index contributed by atoms with van der Waals surface area (Å²) in [6, 6.07) is 5.14. The number of amidine groups is 1. The molecular weight excluding hydrogens is 390 g/mol. The number of fused-ring (bicyclic) bond motifs is 1. The number of piperidine rings is 1. The predicted molar refractivity (Wildman–Crippen MR) is 124 cm³/mol. The maximum atomic E-state index is 12.5. The molecule has 2 aliphatic heterocycles. The SMILES string of the molecule is N/C(=N\C(=O)Nc1cccc2c1NC(=O)CC2)C1CCCN(CCC2CCCCC2)C1. The van der Waals surface area contributed by atoms with Crippen LogP contribution in [0.2, 0.25) is 0 Å². The standard InChI is InChI=1S/C24H35N5O2/c25-23(19-9-5-14-29(16-19)15-13-17-6-2-1-3-7-17)28-24(31)26-20-10-4-8-18-11-12-21(30)27-22(18)20/h4,8,10,17,19H,1-3,5-7,9,11-16H2,(H,27,30)(H3,25,26,28,31). The van der Waals surface area contributed by atoms with Crippen LogP contribution in [0.4, 0.5) is 16.2 Å². The van der Waals surface area contributed by atoms with E-state index >= 15 is 0 Å². The number of carbonyl (C=O) groups excluding carboxylic acids is 2. The first-order valence-corrected chi connectivity index (χ1v) is 11.9. The monoisotopic (exact) mass is 425 g/mol. The minimum absolute atomic E-state index is 0.0345. The van der Waals surface area contributed by atoms with Crippen LogP contribution in [0.15, 0.2) is 23.2 Å². The van der Waals surface area contributed by atoms with Crippen molar-refractivity contribution in [1.82, 2.24) is 4.90 Å². The summed E-state index contributed by atoms with van der Waals surface area (Å²) in [7, 11) is 0. The van der Waals surface area contributed by atoms with Crippen molar-refractivity contribution in [2.45, 2.75) is 64.2 Å². The molecule has 4 rings (SSSR count). The Hall–Kier alpha value is -2.41. The van der Waals surface area contributed by atoms with Crippen LogP contribution in [-0.4, -0.2) is 42.3 Å². The number of anilines is 2. The van der Waals surface area contributed by atoms with Crippen molar-refractivity contribution in [2.24, 2.45) is 22.6 Å². The summed E-state index contributed by atoms with van der Waals surface area (Å²) in [4.78, 5) is 30.9. The normalized spacial score (nSPS) is 23.2. The zero-order chi connectivity index (χ0) is 21.6. The molecule has 1 aromatic rings. The van der Waals surface area contributed by atoms with Crippen molar-refractivity contribution in [3.8, 4) is 0 Å². The van der Waals surface area contributed by atoms with Gasteiger partial charge in [0.15, 0.2) is 0 Å². The number of aliphatic imine (C=N–C) groups is 1. The lowest BCUT2D eigenvalue weighted by atomic mass is 9.86. The number of amides is 3. The van der Waals surface area contributed by atoms with Crippen LogP contribution in [0.25, 0.3) is 0 Å². The molecule has 4 N–H and O–H groups in total. The van der Waals surface area contributed by atoms with Gasteiger partial charge in [-0.1, -0.05) is 44.2 Å². The van der Waals surface area contributed by atoms with E-state index in [1.54, 1.807) is 6.07 Å². The van der Waals surface area contributed by atoms with Crippen molar-refractivity contribution in [2.75, 3.05) is 30.3 Å². The average Bonchev–Trinajstić information content (AvgIpc) is 2.79. The van der Waals surface area contributed by atoms with Gasteiger partial charge in [-0.3, -0.25) is 4.79 Å². The molecule has 0 bridgehead atoms. The fraction of sp³-hybridized carbons (Fsp3) is 0.625. The molecule has 1 aromatic carbocycles. The predicted octanol–water partition coefficient (Wildman–Crippen LogP) is 4.14. The lowest BCUT2D eigenvalue weighted by Gasteiger charge is -2.33. The van der Waals surface area contributed by atoms with E-state index in [1.807, 2.05) is 12.1 Å². The van der Waals surface area contributed by atoms with Crippen LogP contribution in [0.1, 0.15) is 63.4 Å². The highest BCUT2D eigenvalue weighted by Gasteiger charge is 2.25. The third kappa shape index (κ3) is 5.85. The molecule has 2 heterocycles. The molecule has 7 nitrogen and oxygen atoms in total. The zero-order valence-electron chi connectivity index (χ0n) is 18.4. The molecule has 2 fully saturated rings. The maximum Gasteiger partial charge on any atom is 0.347 e.